The van der Waals surface area contributed by atoms with E-state index in [1.807, 2.05) is 45.2 Å². The number of carbonyl (C=O) groups excluding carboxylic acids is 2. The second-order valence-corrected chi connectivity index (χ2v) is 11.0. The van der Waals surface area contributed by atoms with E-state index in [4.69, 9.17) is 0 Å². The molecule has 3 rings (SSSR count). The van der Waals surface area contributed by atoms with Gasteiger partial charge < -0.3 is 14.8 Å². The smallest absolute Gasteiger partial charge is 0.242 e. The summed E-state index contributed by atoms with van der Waals surface area (Å²) in [6.07, 6.45) is 3.06. The van der Waals surface area contributed by atoms with Crippen LogP contribution < -0.4 is 0 Å². The first kappa shape index (κ1) is 26.5. The first-order valence-corrected chi connectivity index (χ1v) is 12.4. The van der Waals surface area contributed by atoms with Crippen molar-refractivity contribution in [1.29, 1.82) is 0 Å². The van der Waals surface area contributed by atoms with Gasteiger partial charge in [-0.25, -0.2) is 4.39 Å². The third-order valence-electron chi connectivity index (χ3n) is 5.91. The lowest BCUT2D eigenvalue weighted by molar-refractivity contribution is -0.142. The van der Waals surface area contributed by atoms with Crippen LogP contribution >= 0.6 is 0 Å². The number of nitrogens with zero attached hydrogens (tertiary/aromatic N) is 2. The van der Waals surface area contributed by atoms with Crippen molar-refractivity contribution in [2.45, 2.75) is 54.0 Å². The lowest BCUT2D eigenvalue weighted by atomic mass is 9.91. The zero-order chi connectivity index (χ0) is 25.6. The fraction of sp³-hybridized carbons (Fsp3) is 0.448. The number of fused-ring (bicyclic) bond motifs is 1. The van der Waals surface area contributed by atoms with Crippen molar-refractivity contribution >= 4 is 22.7 Å². The van der Waals surface area contributed by atoms with Crippen molar-refractivity contribution in [3.63, 3.8) is 0 Å². The van der Waals surface area contributed by atoms with Gasteiger partial charge in [-0.3, -0.25) is 9.59 Å². The average Bonchev–Trinajstić information content (AvgIpc) is 3.19. The quantitative estimate of drug-likeness (QED) is 0.400. The molecule has 0 saturated carbocycles. The number of aromatic amines is 1. The number of nitrogens with one attached hydrogen (secondary N) is 1. The highest BCUT2D eigenvalue weighted by Gasteiger charge is 2.26. The standard InChI is InChI=1S/C29H38FN3O2/c1-21(2)18-33(27(34)16-29(3,4)5)20-28(35)32(19-22-10-12-24(30)13-11-22)15-14-23-17-31-26-9-7-6-8-25(23)26/h6-13,17,21,31H,14-16,18-20H2,1-5H3. The van der Waals surface area contributed by atoms with Gasteiger partial charge >= 0.3 is 0 Å². The van der Waals surface area contributed by atoms with Crippen LogP contribution in [0.2, 0.25) is 0 Å². The molecule has 0 aliphatic heterocycles. The summed E-state index contributed by atoms with van der Waals surface area (Å²) >= 11 is 0. The molecule has 6 heteroatoms. The summed E-state index contributed by atoms with van der Waals surface area (Å²) in [5.41, 5.74) is 2.91. The Labute approximate surface area is 208 Å². The molecule has 3 aromatic rings. The molecule has 1 N–H and O–H groups in total. The molecule has 0 saturated heterocycles. The Hall–Kier alpha value is -3.15. The van der Waals surface area contributed by atoms with Crippen LogP contribution in [0, 0.1) is 17.2 Å². The maximum Gasteiger partial charge on any atom is 0.242 e. The fourth-order valence-electron chi connectivity index (χ4n) is 4.22. The lowest BCUT2D eigenvalue weighted by Crippen LogP contribution is -2.45. The summed E-state index contributed by atoms with van der Waals surface area (Å²) in [7, 11) is 0. The summed E-state index contributed by atoms with van der Waals surface area (Å²) in [5, 5.41) is 1.14. The van der Waals surface area contributed by atoms with Crippen molar-refractivity contribution in [1.82, 2.24) is 14.8 Å². The minimum Gasteiger partial charge on any atom is -0.361 e. The molecule has 2 amide bonds. The summed E-state index contributed by atoms with van der Waals surface area (Å²) < 4.78 is 13.5. The van der Waals surface area contributed by atoms with Crippen LogP contribution in [-0.2, 0) is 22.6 Å². The van der Waals surface area contributed by atoms with Gasteiger partial charge in [0.2, 0.25) is 11.8 Å². The molecule has 1 aromatic heterocycles. The number of benzene rings is 2. The summed E-state index contributed by atoms with van der Waals surface area (Å²) in [4.78, 5) is 33.4. The van der Waals surface area contributed by atoms with Gasteiger partial charge in [0.1, 0.15) is 5.82 Å². The first-order chi connectivity index (χ1) is 16.5. The van der Waals surface area contributed by atoms with Gasteiger partial charge in [0.05, 0.1) is 6.54 Å². The Bertz CT molecular complexity index is 1130. The van der Waals surface area contributed by atoms with Crippen LogP contribution in [-0.4, -0.2) is 46.2 Å². The number of hydrogen-bond acceptors (Lipinski definition) is 2. The number of carbonyl (C=O) groups is 2. The Balaban J connectivity index is 1.79. The van der Waals surface area contributed by atoms with Crippen LogP contribution in [0.25, 0.3) is 10.9 Å². The number of H-pyrrole nitrogens is 1. The highest BCUT2D eigenvalue weighted by molar-refractivity contribution is 5.85. The van der Waals surface area contributed by atoms with Crippen LogP contribution in [0.15, 0.2) is 54.7 Å². The van der Waals surface area contributed by atoms with Gasteiger partial charge in [0, 0.05) is 43.2 Å². The molecule has 188 valence electrons. The van der Waals surface area contributed by atoms with E-state index < -0.39 is 0 Å². The summed E-state index contributed by atoms with van der Waals surface area (Å²) in [6, 6.07) is 14.3. The molecule has 0 unspecified atom stereocenters. The van der Waals surface area contributed by atoms with Crippen molar-refractivity contribution in [3.8, 4) is 0 Å². The molecule has 0 bridgehead atoms. The van der Waals surface area contributed by atoms with Crippen LogP contribution in [0.1, 0.15) is 52.2 Å². The van der Waals surface area contributed by atoms with Gasteiger partial charge in [-0.15, -0.1) is 0 Å². The minimum absolute atomic E-state index is 0.00193. The number of aromatic nitrogens is 1. The minimum atomic E-state index is -0.304. The SMILES string of the molecule is CC(C)CN(CC(=O)N(CCc1c[nH]c2ccccc12)Cc1ccc(F)cc1)C(=O)CC(C)(C)C. The maximum atomic E-state index is 13.5. The number of halogens is 1. The fourth-order valence-corrected chi connectivity index (χ4v) is 4.22. The van der Waals surface area contributed by atoms with Crippen LogP contribution in [0.5, 0.6) is 0 Å². The van der Waals surface area contributed by atoms with E-state index in [2.05, 4.69) is 24.9 Å². The highest BCUT2D eigenvalue weighted by Crippen LogP contribution is 2.21. The van der Waals surface area contributed by atoms with Gasteiger partial charge in [-0.1, -0.05) is 65.0 Å². The molecular weight excluding hydrogens is 441 g/mol. The van der Waals surface area contributed by atoms with E-state index in [1.165, 1.54) is 12.1 Å². The second-order valence-electron chi connectivity index (χ2n) is 11.0. The Morgan fingerprint density at radius 3 is 2.31 bits per heavy atom. The number of para-hydroxylation sites is 1. The molecule has 0 spiro atoms. The van der Waals surface area contributed by atoms with Crippen molar-refractivity contribution < 1.29 is 14.0 Å². The number of hydrogen-bond donors (Lipinski definition) is 1. The number of amides is 2. The molecular formula is C29H38FN3O2. The highest BCUT2D eigenvalue weighted by atomic mass is 19.1. The maximum absolute atomic E-state index is 13.5. The van der Waals surface area contributed by atoms with E-state index in [-0.39, 0.29) is 35.5 Å². The Morgan fingerprint density at radius 2 is 1.66 bits per heavy atom. The van der Waals surface area contributed by atoms with Gasteiger partial charge in [0.25, 0.3) is 0 Å². The van der Waals surface area contributed by atoms with Gasteiger partial charge in [-0.2, -0.15) is 0 Å². The van der Waals surface area contributed by atoms with E-state index in [0.717, 1.165) is 22.0 Å². The largest absolute Gasteiger partial charge is 0.361 e. The third kappa shape index (κ3) is 7.94. The topological polar surface area (TPSA) is 56.4 Å². The zero-order valence-corrected chi connectivity index (χ0v) is 21.6. The van der Waals surface area contributed by atoms with Crippen molar-refractivity contribution in [2.75, 3.05) is 19.6 Å². The number of rotatable bonds is 10. The van der Waals surface area contributed by atoms with Gasteiger partial charge in [0.15, 0.2) is 0 Å². The molecule has 0 radical (unpaired) electrons. The molecule has 1 heterocycles. The van der Waals surface area contributed by atoms with Crippen molar-refractivity contribution in [2.24, 2.45) is 11.3 Å². The molecule has 5 nitrogen and oxygen atoms in total. The molecule has 0 aliphatic rings. The third-order valence-corrected chi connectivity index (χ3v) is 5.91. The van der Waals surface area contributed by atoms with Crippen LogP contribution in [0.3, 0.4) is 0 Å². The Kier molecular flexibility index (Phi) is 8.71. The summed E-state index contributed by atoms with van der Waals surface area (Å²) in [6.45, 7) is 11.6. The second kappa shape index (κ2) is 11.5. The van der Waals surface area contributed by atoms with E-state index >= 15 is 0 Å². The molecule has 2 aromatic carbocycles. The molecule has 0 fully saturated rings. The summed E-state index contributed by atoms with van der Waals surface area (Å²) in [5.74, 6) is -0.153. The molecule has 35 heavy (non-hydrogen) atoms. The van der Waals surface area contributed by atoms with Gasteiger partial charge in [-0.05, 0) is 47.1 Å². The average molecular weight is 480 g/mol. The monoisotopic (exact) mass is 479 g/mol. The van der Waals surface area contributed by atoms with E-state index in [0.29, 0.717) is 32.5 Å². The zero-order valence-electron chi connectivity index (χ0n) is 21.6. The Morgan fingerprint density at radius 1 is 0.971 bits per heavy atom. The van der Waals surface area contributed by atoms with Crippen molar-refractivity contribution in [3.05, 3.63) is 71.7 Å². The first-order valence-electron chi connectivity index (χ1n) is 12.4. The van der Waals surface area contributed by atoms with E-state index in [9.17, 15) is 14.0 Å². The lowest BCUT2D eigenvalue weighted by Gasteiger charge is -2.30. The predicted octanol–water partition coefficient (Wildman–Crippen LogP) is 5.80. The molecule has 0 atom stereocenters. The van der Waals surface area contributed by atoms with E-state index in [1.54, 1.807) is 21.9 Å². The normalized spacial score (nSPS) is 11.7. The predicted molar refractivity (Wildman–Crippen MR) is 139 cm³/mol. The molecule has 0 aliphatic carbocycles. The van der Waals surface area contributed by atoms with Crippen LogP contribution in [0.4, 0.5) is 4.39 Å².